The fraction of sp³-hybridized carbons (Fsp3) is 0.364. The van der Waals surface area contributed by atoms with Gasteiger partial charge in [0.25, 0.3) is 15.9 Å². The zero-order chi connectivity index (χ0) is 24.9. The molecule has 0 aromatic heterocycles. The highest BCUT2D eigenvalue weighted by molar-refractivity contribution is 7.92. The van der Waals surface area contributed by atoms with Crippen molar-refractivity contribution in [2.75, 3.05) is 26.9 Å². The molecular formula is C22H26ClN3O6S2. The molecule has 3 N–H and O–H groups in total. The van der Waals surface area contributed by atoms with Crippen LogP contribution in [-0.4, -0.2) is 52.3 Å². The van der Waals surface area contributed by atoms with Gasteiger partial charge in [-0.15, -0.1) is 0 Å². The number of ether oxygens (including phenoxy) is 3. The zero-order valence-electron chi connectivity index (χ0n) is 18.9. The highest BCUT2D eigenvalue weighted by atomic mass is 35.5. The molecule has 1 heterocycles. The van der Waals surface area contributed by atoms with Gasteiger partial charge in [-0.25, -0.2) is 8.42 Å². The van der Waals surface area contributed by atoms with Gasteiger partial charge in [0.15, 0.2) is 5.11 Å². The van der Waals surface area contributed by atoms with Crippen molar-refractivity contribution in [1.29, 1.82) is 0 Å². The third-order valence-corrected chi connectivity index (χ3v) is 6.91. The summed E-state index contributed by atoms with van der Waals surface area (Å²) in [5.41, 5.74) is 0.893. The van der Waals surface area contributed by atoms with Gasteiger partial charge >= 0.3 is 0 Å². The Bertz CT molecular complexity index is 1190. The maximum Gasteiger partial charge on any atom is 0.267 e. The van der Waals surface area contributed by atoms with E-state index in [9.17, 15) is 13.2 Å². The first-order chi connectivity index (χ1) is 16.2. The lowest BCUT2D eigenvalue weighted by Crippen LogP contribution is -2.43. The second-order valence-electron chi connectivity index (χ2n) is 7.33. The lowest BCUT2D eigenvalue weighted by molar-refractivity contribution is 0.0912. The average molecular weight is 528 g/mol. The number of carbonyl (C=O) groups is 1. The number of halogens is 1. The summed E-state index contributed by atoms with van der Waals surface area (Å²) in [4.78, 5) is 12.8. The number of methoxy groups -OCH3 is 1. The van der Waals surface area contributed by atoms with E-state index in [1.807, 2.05) is 0 Å². The number of thiocarbonyl (C=S) groups is 1. The number of carbonyl (C=O) groups excluding carboxylic acids is 1. The van der Waals surface area contributed by atoms with Crippen molar-refractivity contribution in [2.24, 2.45) is 0 Å². The standard InChI is InChI=1S/C22H26ClN3O6S2/c1-4-24-22(33)26-34(28,29)20-9-13-8-15(12-32-18(13)11-19(20)31-5-2)25-21(27)16-10-14(23)6-7-17(16)30-3/h6-7,9-11,15H,4-5,8,12H2,1-3H3,(H,25,27)(H2,24,26,33). The van der Waals surface area contributed by atoms with E-state index in [2.05, 4.69) is 15.4 Å². The normalized spacial score (nSPS) is 14.9. The SMILES string of the molecule is CCNC(=S)NS(=O)(=O)c1cc2c(cc1OCC)OCC(NC(=O)c1cc(Cl)ccc1OC)C2. The Morgan fingerprint density at radius 2 is 2.00 bits per heavy atom. The van der Waals surface area contributed by atoms with E-state index in [1.54, 1.807) is 32.0 Å². The minimum atomic E-state index is -4.02. The van der Waals surface area contributed by atoms with Crippen molar-refractivity contribution in [3.05, 3.63) is 46.5 Å². The van der Waals surface area contributed by atoms with Gasteiger partial charge in [0.05, 0.1) is 25.3 Å². The summed E-state index contributed by atoms with van der Waals surface area (Å²) in [7, 11) is -2.55. The number of benzene rings is 2. The molecule has 34 heavy (non-hydrogen) atoms. The molecule has 184 valence electrons. The first kappa shape index (κ1) is 25.9. The average Bonchev–Trinajstić information content (AvgIpc) is 2.78. The van der Waals surface area contributed by atoms with E-state index in [-0.39, 0.29) is 40.4 Å². The van der Waals surface area contributed by atoms with Crippen molar-refractivity contribution >= 4 is 44.9 Å². The number of hydrogen-bond donors (Lipinski definition) is 3. The van der Waals surface area contributed by atoms with Gasteiger partial charge in [-0.05, 0) is 62.3 Å². The number of amides is 1. The van der Waals surface area contributed by atoms with Crippen LogP contribution in [0.2, 0.25) is 5.02 Å². The number of rotatable bonds is 8. The Balaban J connectivity index is 1.86. The topological polar surface area (TPSA) is 115 Å². The molecule has 0 bridgehead atoms. The smallest absolute Gasteiger partial charge is 0.267 e. The van der Waals surface area contributed by atoms with Crippen LogP contribution in [0.25, 0.3) is 0 Å². The second-order valence-corrected chi connectivity index (χ2v) is 9.83. The molecule has 1 atom stereocenters. The first-order valence-corrected chi connectivity index (χ1v) is 12.8. The monoisotopic (exact) mass is 527 g/mol. The van der Waals surface area contributed by atoms with E-state index in [4.69, 9.17) is 38.0 Å². The van der Waals surface area contributed by atoms with E-state index < -0.39 is 16.1 Å². The van der Waals surface area contributed by atoms with Crippen molar-refractivity contribution in [3.8, 4) is 17.2 Å². The van der Waals surface area contributed by atoms with Crippen LogP contribution in [0.1, 0.15) is 29.8 Å². The third kappa shape index (κ3) is 6.02. The Labute approximate surface area is 209 Å². The molecular weight excluding hydrogens is 502 g/mol. The molecule has 0 fully saturated rings. The van der Waals surface area contributed by atoms with Crippen LogP contribution in [0, 0.1) is 0 Å². The van der Waals surface area contributed by atoms with Crippen LogP contribution in [-0.2, 0) is 16.4 Å². The number of sulfonamides is 1. The summed E-state index contributed by atoms with van der Waals surface area (Å²) in [5, 5.41) is 6.03. The predicted molar refractivity (Wildman–Crippen MR) is 133 cm³/mol. The Morgan fingerprint density at radius 3 is 2.68 bits per heavy atom. The summed E-state index contributed by atoms with van der Waals surface area (Å²) in [6.07, 6.45) is 0.344. The third-order valence-electron chi connectivity index (χ3n) is 4.93. The summed E-state index contributed by atoms with van der Waals surface area (Å²) in [6, 6.07) is 7.38. The van der Waals surface area contributed by atoms with E-state index >= 15 is 0 Å². The lowest BCUT2D eigenvalue weighted by atomic mass is 10.0. The summed E-state index contributed by atoms with van der Waals surface area (Å²) >= 11 is 11.1. The van der Waals surface area contributed by atoms with Gasteiger partial charge in [0.2, 0.25) is 0 Å². The van der Waals surface area contributed by atoms with Gasteiger partial charge in [0.1, 0.15) is 28.8 Å². The van der Waals surface area contributed by atoms with Gasteiger partial charge in [-0.2, -0.15) is 0 Å². The minimum absolute atomic E-state index is 0.0143. The van der Waals surface area contributed by atoms with Gasteiger partial charge in [0, 0.05) is 17.6 Å². The first-order valence-electron chi connectivity index (χ1n) is 10.6. The summed E-state index contributed by atoms with van der Waals surface area (Å²) in [6.45, 7) is 4.48. The van der Waals surface area contributed by atoms with Gasteiger partial charge < -0.3 is 24.8 Å². The van der Waals surface area contributed by atoms with Crippen molar-refractivity contribution < 1.29 is 27.4 Å². The molecule has 0 saturated carbocycles. The Morgan fingerprint density at radius 1 is 1.24 bits per heavy atom. The van der Waals surface area contributed by atoms with Crippen LogP contribution in [0.4, 0.5) is 0 Å². The van der Waals surface area contributed by atoms with Crippen LogP contribution < -0.4 is 29.6 Å². The molecule has 0 radical (unpaired) electrons. The molecule has 0 spiro atoms. The predicted octanol–water partition coefficient (Wildman–Crippen LogP) is 2.65. The highest BCUT2D eigenvalue weighted by Gasteiger charge is 2.29. The van der Waals surface area contributed by atoms with Crippen molar-refractivity contribution in [2.45, 2.75) is 31.2 Å². The maximum atomic E-state index is 13.0. The van der Waals surface area contributed by atoms with Gasteiger partial charge in [-0.3, -0.25) is 9.52 Å². The van der Waals surface area contributed by atoms with E-state index in [0.717, 1.165) is 0 Å². The molecule has 0 saturated heterocycles. The summed E-state index contributed by atoms with van der Waals surface area (Å²) in [5.74, 6) is 0.644. The molecule has 3 rings (SSSR count). The maximum absolute atomic E-state index is 13.0. The second kappa shape index (κ2) is 11.1. The molecule has 12 heteroatoms. The number of hydrogen-bond acceptors (Lipinski definition) is 7. The summed E-state index contributed by atoms with van der Waals surface area (Å²) < 4.78 is 44.9. The minimum Gasteiger partial charge on any atom is -0.496 e. The molecule has 9 nitrogen and oxygen atoms in total. The number of nitrogens with one attached hydrogen (secondary N) is 3. The molecule has 1 unspecified atom stereocenters. The molecule has 1 aliphatic heterocycles. The quantitative estimate of drug-likeness (QED) is 0.449. The Hall–Kier alpha value is -2.76. The molecule has 1 aliphatic rings. The van der Waals surface area contributed by atoms with Crippen LogP contribution >= 0.6 is 23.8 Å². The largest absolute Gasteiger partial charge is 0.496 e. The van der Waals surface area contributed by atoms with Crippen LogP contribution in [0.3, 0.4) is 0 Å². The molecule has 2 aromatic rings. The van der Waals surface area contributed by atoms with E-state index in [1.165, 1.54) is 19.2 Å². The lowest BCUT2D eigenvalue weighted by Gasteiger charge is -2.27. The van der Waals surface area contributed by atoms with Crippen molar-refractivity contribution in [1.82, 2.24) is 15.4 Å². The van der Waals surface area contributed by atoms with E-state index in [0.29, 0.717) is 35.1 Å². The number of fused-ring (bicyclic) bond motifs is 1. The fourth-order valence-electron chi connectivity index (χ4n) is 3.46. The molecule has 2 aromatic carbocycles. The highest BCUT2D eigenvalue weighted by Crippen LogP contribution is 2.35. The fourth-order valence-corrected chi connectivity index (χ4v) is 5.21. The molecule has 0 aliphatic carbocycles. The van der Waals surface area contributed by atoms with Crippen LogP contribution in [0.15, 0.2) is 35.2 Å². The van der Waals surface area contributed by atoms with Crippen LogP contribution in [0.5, 0.6) is 17.2 Å². The van der Waals surface area contributed by atoms with Gasteiger partial charge in [-0.1, -0.05) is 11.6 Å². The Kier molecular flexibility index (Phi) is 8.45. The molecule has 1 amide bonds. The van der Waals surface area contributed by atoms with Crippen molar-refractivity contribution in [3.63, 3.8) is 0 Å². The zero-order valence-corrected chi connectivity index (χ0v) is 21.3.